The second-order valence-corrected chi connectivity index (χ2v) is 8.32. The third-order valence-corrected chi connectivity index (χ3v) is 5.99. The van der Waals surface area contributed by atoms with E-state index < -0.39 is 4.92 Å². The average molecular weight is 430 g/mol. The molecule has 2 heterocycles. The number of nitro benzene ring substituents is 1. The lowest BCUT2D eigenvalue weighted by molar-refractivity contribution is -0.384. The number of benzene rings is 2. The van der Waals surface area contributed by atoms with Gasteiger partial charge in [-0.15, -0.1) is 15.3 Å². The van der Waals surface area contributed by atoms with E-state index in [9.17, 15) is 10.1 Å². The minimum absolute atomic E-state index is 0.00857. The fourth-order valence-electron chi connectivity index (χ4n) is 2.33. The van der Waals surface area contributed by atoms with E-state index in [0.717, 1.165) is 10.0 Å². The van der Waals surface area contributed by atoms with Gasteiger partial charge >= 0.3 is 0 Å². The summed E-state index contributed by atoms with van der Waals surface area (Å²) in [5.74, 6) is 1.19. The maximum atomic E-state index is 10.7. The maximum Gasteiger partial charge on any atom is 0.269 e. The third kappa shape index (κ3) is 4.01. The quantitative estimate of drug-likeness (QED) is 0.184. The van der Waals surface area contributed by atoms with Gasteiger partial charge in [0.25, 0.3) is 5.69 Å². The number of para-hydroxylation sites is 1. The molecule has 11 heteroatoms. The second-order valence-electron chi connectivity index (χ2n) is 5.47. The summed E-state index contributed by atoms with van der Waals surface area (Å²) >= 11 is 8.25. The molecule has 0 saturated carbocycles. The van der Waals surface area contributed by atoms with Gasteiger partial charge in [-0.05, 0) is 36.5 Å². The van der Waals surface area contributed by atoms with E-state index in [1.807, 2.05) is 30.3 Å². The van der Waals surface area contributed by atoms with Crippen molar-refractivity contribution >= 4 is 41.0 Å². The molecule has 4 rings (SSSR count). The van der Waals surface area contributed by atoms with Crippen LogP contribution < -0.4 is 0 Å². The number of nitrogens with zero attached hydrogens (tertiary/aromatic N) is 5. The summed E-state index contributed by atoms with van der Waals surface area (Å²) in [5.41, 5.74) is 1.54. The Kier molecular flexibility index (Phi) is 5.28. The molecule has 28 heavy (non-hydrogen) atoms. The predicted octanol–water partition coefficient (Wildman–Crippen LogP) is 4.91. The number of rotatable bonds is 6. The van der Waals surface area contributed by atoms with Crippen LogP contribution in [-0.4, -0.2) is 24.9 Å². The van der Waals surface area contributed by atoms with Crippen LogP contribution in [0.25, 0.3) is 17.1 Å². The van der Waals surface area contributed by atoms with E-state index >= 15 is 0 Å². The van der Waals surface area contributed by atoms with Gasteiger partial charge in [-0.2, -0.15) is 0 Å². The zero-order valence-electron chi connectivity index (χ0n) is 14.1. The molecule has 0 bridgehead atoms. The van der Waals surface area contributed by atoms with Gasteiger partial charge in [0.2, 0.25) is 11.8 Å². The van der Waals surface area contributed by atoms with Crippen molar-refractivity contribution in [1.82, 2.24) is 20.0 Å². The fourth-order valence-corrected chi connectivity index (χ4v) is 4.53. The van der Waals surface area contributed by atoms with Crippen LogP contribution in [0.15, 0.2) is 63.4 Å². The lowest BCUT2D eigenvalue weighted by atomic mass is 10.2. The molecule has 0 aliphatic carbocycles. The molecule has 0 saturated heterocycles. The molecule has 8 nitrogen and oxygen atoms in total. The van der Waals surface area contributed by atoms with Crippen molar-refractivity contribution in [2.45, 2.75) is 10.1 Å². The zero-order valence-corrected chi connectivity index (χ0v) is 16.5. The van der Waals surface area contributed by atoms with Crippen LogP contribution in [0.1, 0.15) is 5.89 Å². The number of hydrogen-bond acceptors (Lipinski definition) is 9. The van der Waals surface area contributed by atoms with Crippen molar-refractivity contribution in [2.75, 3.05) is 0 Å². The number of non-ortho nitro benzene ring substituents is 1. The van der Waals surface area contributed by atoms with E-state index in [1.165, 1.54) is 35.2 Å². The highest BCUT2D eigenvalue weighted by molar-refractivity contribution is 8.00. The molecule has 0 amide bonds. The summed E-state index contributed by atoms with van der Waals surface area (Å²) in [4.78, 5) is 10.3. The van der Waals surface area contributed by atoms with Gasteiger partial charge < -0.3 is 4.42 Å². The van der Waals surface area contributed by atoms with Gasteiger partial charge in [0.05, 0.1) is 16.4 Å². The lowest BCUT2D eigenvalue weighted by Crippen LogP contribution is -1.95. The molecule has 0 fully saturated rings. The van der Waals surface area contributed by atoms with Crippen molar-refractivity contribution in [3.05, 3.63) is 74.6 Å². The van der Waals surface area contributed by atoms with Crippen LogP contribution in [-0.2, 0) is 5.75 Å². The SMILES string of the molecule is O=[N+]([O-])c1ccc(-c2nnc(CSc3nn(-c4ccccc4)c(=S)s3)o2)cc1. The Morgan fingerprint density at radius 2 is 1.89 bits per heavy atom. The predicted molar refractivity (Wildman–Crippen MR) is 108 cm³/mol. The van der Waals surface area contributed by atoms with Gasteiger partial charge in [-0.1, -0.05) is 41.3 Å². The Morgan fingerprint density at radius 1 is 1.14 bits per heavy atom. The van der Waals surface area contributed by atoms with Gasteiger partial charge in [0.1, 0.15) is 0 Å². The Hall–Kier alpha value is -2.89. The van der Waals surface area contributed by atoms with Crippen molar-refractivity contribution in [2.24, 2.45) is 0 Å². The fraction of sp³-hybridized carbons (Fsp3) is 0.0588. The van der Waals surface area contributed by atoms with Crippen LogP contribution >= 0.6 is 35.3 Å². The molecular formula is C17H11N5O3S3. The molecule has 4 aromatic rings. The van der Waals surface area contributed by atoms with Crippen molar-refractivity contribution in [3.63, 3.8) is 0 Å². The van der Waals surface area contributed by atoms with E-state index in [2.05, 4.69) is 15.3 Å². The Morgan fingerprint density at radius 3 is 2.61 bits per heavy atom. The monoisotopic (exact) mass is 429 g/mol. The average Bonchev–Trinajstić information content (AvgIpc) is 3.34. The van der Waals surface area contributed by atoms with Crippen molar-refractivity contribution in [1.29, 1.82) is 0 Å². The topological polar surface area (TPSA) is 99.9 Å². The van der Waals surface area contributed by atoms with E-state index in [4.69, 9.17) is 16.6 Å². The number of aromatic nitrogens is 4. The molecule has 2 aromatic heterocycles. The Labute approximate surface area is 172 Å². The van der Waals surface area contributed by atoms with E-state index in [-0.39, 0.29) is 5.69 Å². The standard InChI is InChI=1S/C17H11N5O3S3/c23-22(24)13-8-6-11(7-9-13)15-19-18-14(25-15)10-27-16-20-21(17(26)28-16)12-4-2-1-3-5-12/h1-9H,10H2. The normalized spacial score (nSPS) is 10.9. The van der Waals surface area contributed by atoms with Crippen molar-refractivity contribution < 1.29 is 9.34 Å². The third-order valence-electron chi connectivity index (χ3n) is 3.64. The van der Waals surface area contributed by atoms with Crippen LogP contribution in [0.5, 0.6) is 0 Å². The van der Waals surface area contributed by atoms with Gasteiger partial charge in [-0.3, -0.25) is 10.1 Å². The molecule has 0 radical (unpaired) electrons. The van der Waals surface area contributed by atoms with Gasteiger partial charge in [0.15, 0.2) is 8.29 Å². The zero-order chi connectivity index (χ0) is 19.5. The number of thioether (sulfide) groups is 1. The molecule has 0 N–H and O–H groups in total. The number of hydrogen-bond donors (Lipinski definition) is 0. The summed E-state index contributed by atoms with van der Waals surface area (Å²) in [5, 5.41) is 23.3. The summed E-state index contributed by atoms with van der Waals surface area (Å²) in [7, 11) is 0. The van der Waals surface area contributed by atoms with E-state index in [1.54, 1.807) is 16.8 Å². The lowest BCUT2D eigenvalue weighted by Gasteiger charge is -1.98. The molecule has 0 atom stereocenters. The summed E-state index contributed by atoms with van der Waals surface area (Å²) in [6.45, 7) is 0. The highest BCUT2D eigenvalue weighted by atomic mass is 32.2. The van der Waals surface area contributed by atoms with Crippen LogP contribution in [0.3, 0.4) is 0 Å². The molecule has 0 aliphatic rings. The molecule has 0 aliphatic heterocycles. The number of nitro groups is 1. The summed E-state index contributed by atoms with van der Waals surface area (Å²) in [6, 6.07) is 15.6. The minimum Gasteiger partial charge on any atom is -0.420 e. The Balaban J connectivity index is 1.45. The maximum absolute atomic E-state index is 10.7. The first-order valence-corrected chi connectivity index (χ1v) is 10.2. The molecular weight excluding hydrogens is 418 g/mol. The molecule has 0 spiro atoms. The minimum atomic E-state index is -0.456. The van der Waals surface area contributed by atoms with Gasteiger partial charge in [-0.25, -0.2) is 4.68 Å². The first-order valence-electron chi connectivity index (χ1n) is 7.96. The Bertz CT molecular complexity index is 1170. The van der Waals surface area contributed by atoms with Crippen LogP contribution in [0.4, 0.5) is 5.69 Å². The first-order chi connectivity index (χ1) is 13.6. The molecule has 140 valence electrons. The van der Waals surface area contributed by atoms with Gasteiger partial charge in [0, 0.05) is 17.7 Å². The highest BCUT2D eigenvalue weighted by Crippen LogP contribution is 2.28. The van der Waals surface area contributed by atoms with Crippen LogP contribution in [0.2, 0.25) is 0 Å². The summed E-state index contributed by atoms with van der Waals surface area (Å²) in [6.07, 6.45) is 0. The van der Waals surface area contributed by atoms with Crippen molar-refractivity contribution in [3.8, 4) is 17.1 Å². The first kappa shape index (κ1) is 18.5. The van der Waals surface area contributed by atoms with Crippen LogP contribution in [0, 0.1) is 14.1 Å². The molecule has 2 aromatic carbocycles. The highest BCUT2D eigenvalue weighted by Gasteiger charge is 2.13. The summed E-state index contributed by atoms with van der Waals surface area (Å²) < 4.78 is 8.82. The smallest absolute Gasteiger partial charge is 0.269 e. The molecule has 0 unspecified atom stereocenters. The second kappa shape index (κ2) is 8.00. The van der Waals surface area contributed by atoms with E-state index in [0.29, 0.717) is 27.1 Å². The largest absolute Gasteiger partial charge is 0.420 e.